The molecule has 1 aliphatic rings. The fourth-order valence-electron chi connectivity index (χ4n) is 3.29. The lowest BCUT2D eigenvalue weighted by Crippen LogP contribution is -2.27. The molecule has 0 aliphatic carbocycles. The summed E-state index contributed by atoms with van der Waals surface area (Å²) in [5, 5.41) is 8.70. The number of rotatable bonds is 8. The third kappa shape index (κ3) is 4.41. The molecule has 2 heterocycles. The van der Waals surface area contributed by atoms with Gasteiger partial charge in [-0.1, -0.05) is 37.2 Å². The minimum atomic E-state index is -0.322. The number of fused-ring (bicyclic) bond motifs is 1. The average Bonchev–Trinajstić information content (AvgIpc) is 3.02. The minimum Gasteiger partial charge on any atom is -0.491 e. The van der Waals surface area contributed by atoms with E-state index in [4.69, 9.17) is 9.84 Å². The first-order valence-electron chi connectivity index (χ1n) is 9.75. The van der Waals surface area contributed by atoms with Gasteiger partial charge in [-0.05, 0) is 51.8 Å². The molecule has 3 rings (SSSR count). The van der Waals surface area contributed by atoms with Crippen molar-refractivity contribution >= 4 is 23.5 Å². The zero-order valence-corrected chi connectivity index (χ0v) is 18.0. The summed E-state index contributed by atoms with van der Waals surface area (Å²) in [5.74, 6) is 2.45. The molecule has 2 aromatic rings. The van der Waals surface area contributed by atoms with Gasteiger partial charge in [0.15, 0.2) is 5.78 Å². The summed E-state index contributed by atoms with van der Waals surface area (Å²) in [7, 11) is 0. The quantitative estimate of drug-likeness (QED) is 0.505. The largest absolute Gasteiger partial charge is 0.491 e. The molecule has 0 radical (unpaired) electrons. The molecule has 1 aromatic heterocycles. The van der Waals surface area contributed by atoms with Gasteiger partial charge in [-0.15, -0.1) is 5.10 Å². The van der Waals surface area contributed by atoms with Gasteiger partial charge in [0.1, 0.15) is 11.8 Å². The SMILES string of the molecule is CCCCSc1nc2n(n1)C(c1cccc(OC(C)C)c1)C(C(C)=O)=C(C)N2. The highest BCUT2D eigenvalue weighted by molar-refractivity contribution is 7.99. The van der Waals surface area contributed by atoms with E-state index in [1.165, 1.54) is 0 Å². The lowest BCUT2D eigenvalue weighted by Gasteiger charge is -2.28. The highest BCUT2D eigenvalue weighted by Gasteiger charge is 2.32. The van der Waals surface area contributed by atoms with Crippen LogP contribution in [0.25, 0.3) is 0 Å². The maximum Gasteiger partial charge on any atom is 0.227 e. The number of carbonyl (C=O) groups is 1. The number of nitrogens with one attached hydrogen (secondary N) is 1. The molecule has 1 atom stereocenters. The summed E-state index contributed by atoms with van der Waals surface area (Å²) in [6.07, 6.45) is 2.34. The summed E-state index contributed by atoms with van der Waals surface area (Å²) in [5.41, 5.74) is 2.47. The average molecular weight is 401 g/mol. The first-order valence-corrected chi connectivity index (χ1v) is 10.7. The Bertz CT molecular complexity index is 888. The molecule has 28 heavy (non-hydrogen) atoms. The van der Waals surface area contributed by atoms with Crippen LogP contribution in [0.2, 0.25) is 0 Å². The monoisotopic (exact) mass is 400 g/mol. The van der Waals surface area contributed by atoms with Crippen LogP contribution < -0.4 is 10.1 Å². The van der Waals surface area contributed by atoms with Gasteiger partial charge in [-0.2, -0.15) is 4.98 Å². The van der Waals surface area contributed by atoms with Crippen LogP contribution in [-0.4, -0.2) is 32.4 Å². The second-order valence-corrected chi connectivity index (χ2v) is 8.29. The molecule has 150 valence electrons. The molecule has 7 heteroatoms. The van der Waals surface area contributed by atoms with E-state index in [9.17, 15) is 4.79 Å². The highest BCUT2D eigenvalue weighted by atomic mass is 32.2. The molecule has 1 unspecified atom stereocenters. The van der Waals surface area contributed by atoms with Crippen molar-refractivity contribution in [3.63, 3.8) is 0 Å². The van der Waals surface area contributed by atoms with Crippen LogP contribution in [-0.2, 0) is 4.79 Å². The zero-order valence-electron chi connectivity index (χ0n) is 17.2. The number of ketones is 1. The summed E-state index contributed by atoms with van der Waals surface area (Å²) in [6.45, 7) is 9.68. The van der Waals surface area contributed by atoms with Crippen LogP contribution in [0.3, 0.4) is 0 Å². The van der Waals surface area contributed by atoms with Crippen LogP contribution in [0.4, 0.5) is 5.95 Å². The van der Waals surface area contributed by atoms with Gasteiger partial charge in [0, 0.05) is 17.0 Å². The standard InChI is InChI=1S/C21H28N4O2S/c1-6-7-11-28-21-23-20-22-14(4)18(15(5)26)19(25(20)24-21)16-9-8-10-17(12-16)27-13(2)3/h8-10,12-13,19H,6-7,11H2,1-5H3,(H,22,23,24). The molecule has 0 spiro atoms. The Morgan fingerprint density at radius 1 is 1.39 bits per heavy atom. The lowest BCUT2D eigenvalue weighted by molar-refractivity contribution is -0.114. The number of hydrogen-bond donors (Lipinski definition) is 1. The number of aromatic nitrogens is 3. The summed E-state index contributed by atoms with van der Waals surface area (Å²) >= 11 is 1.65. The number of hydrogen-bond acceptors (Lipinski definition) is 6. The van der Waals surface area contributed by atoms with Crippen molar-refractivity contribution in [1.29, 1.82) is 0 Å². The predicted octanol–water partition coefficient (Wildman–Crippen LogP) is 4.84. The van der Waals surface area contributed by atoms with E-state index in [1.807, 2.05) is 49.7 Å². The first kappa shape index (κ1) is 20.5. The zero-order chi connectivity index (χ0) is 20.3. The molecule has 1 aliphatic heterocycles. The van der Waals surface area contributed by atoms with Gasteiger partial charge >= 0.3 is 0 Å². The number of nitrogens with zero attached hydrogens (tertiary/aromatic N) is 3. The van der Waals surface area contributed by atoms with Gasteiger partial charge in [0.2, 0.25) is 11.1 Å². The van der Waals surface area contributed by atoms with Crippen LogP contribution in [0, 0.1) is 0 Å². The predicted molar refractivity (Wildman–Crippen MR) is 113 cm³/mol. The summed E-state index contributed by atoms with van der Waals surface area (Å²) in [4.78, 5) is 17.1. The van der Waals surface area contributed by atoms with Crippen molar-refractivity contribution in [2.75, 3.05) is 11.1 Å². The van der Waals surface area contributed by atoms with Crippen molar-refractivity contribution in [3.8, 4) is 5.75 Å². The maximum absolute atomic E-state index is 12.5. The van der Waals surface area contributed by atoms with E-state index in [-0.39, 0.29) is 17.9 Å². The third-order valence-corrected chi connectivity index (χ3v) is 5.41. The molecule has 0 bridgehead atoms. The van der Waals surface area contributed by atoms with E-state index in [0.29, 0.717) is 11.5 Å². The Kier molecular flexibility index (Phi) is 6.44. The molecule has 0 saturated heterocycles. The summed E-state index contributed by atoms with van der Waals surface area (Å²) in [6, 6.07) is 7.56. The molecule has 0 saturated carbocycles. The number of thioether (sulfide) groups is 1. The molecular weight excluding hydrogens is 372 g/mol. The maximum atomic E-state index is 12.5. The number of ether oxygens (including phenoxy) is 1. The van der Waals surface area contributed by atoms with E-state index in [1.54, 1.807) is 18.7 Å². The van der Waals surface area contributed by atoms with Crippen LogP contribution >= 0.6 is 11.8 Å². The van der Waals surface area contributed by atoms with Crippen LogP contribution in [0.1, 0.15) is 59.1 Å². The van der Waals surface area contributed by atoms with Crippen molar-refractivity contribution in [2.24, 2.45) is 0 Å². The lowest BCUT2D eigenvalue weighted by atomic mass is 9.93. The van der Waals surface area contributed by atoms with Crippen molar-refractivity contribution < 1.29 is 9.53 Å². The molecular formula is C21H28N4O2S. The number of benzene rings is 1. The molecule has 0 fully saturated rings. The highest BCUT2D eigenvalue weighted by Crippen LogP contribution is 2.37. The molecule has 6 nitrogen and oxygen atoms in total. The molecule has 1 N–H and O–H groups in total. The molecule has 0 amide bonds. The Hall–Kier alpha value is -2.28. The smallest absolute Gasteiger partial charge is 0.227 e. The first-order chi connectivity index (χ1) is 13.4. The number of Topliss-reactive ketones (excluding diaryl/α,β-unsaturated/α-hetero) is 1. The third-order valence-electron chi connectivity index (χ3n) is 4.49. The van der Waals surface area contributed by atoms with Gasteiger partial charge in [0.05, 0.1) is 6.10 Å². The fraction of sp³-hybridized carbons (Fsp3) is 0.476. The van der Waals surface area contributed by atoms with Crippen LogP contribution in [0.5, 0.6) is 5.75 Å². The Morgan fingerprint density at radius 2 is 2.18 bits per heavy atom. The summed E-state index contributed by atoms with van der Waals surface area (Å²) < 4.78 is 7.69. The second-order valence-electron chi connectivity index (χ2n) is 7.23. The van der Waals surface area contributed by atoms with Gasteiger partial charge in [-0.3, -0.25) is 4.79 Å². The minimum absolute atomic E-state index is 0.0199. The van der Waals surface area contributed by atoms with E-state index in [0.717, 1.165) is 40.8 Å². The van der Waals surface area contributed by atoms with Gasteiger partial charge in [-0.25, -0.2) is 4.68 Å². The number of unbranched alkanes of at least 4 members (excludes halogenated alkanes) is 1. The number of anilines is 1. The number of carbonyl (C=O) groups excluding carboxylic acids is 1. The van der Waals surface area contributed by atoms with Crippen molar-refractivity contribution in [2.45, 2.75) is 64.8 Å². The van der Waals surface area contributed by atoms with E-state index < -0.39 is 0 Å². The number of allylic oxidation sites excluding steroid dienone is 2. The van der Waals surface area contributed by atoms with Crippen LogP contribution in [0.15, 0.2) is 40.7 Å². The Labute approximate surface area is 170 Å². The van der Waals surface area contributed by atoms with Gasteiger partial charge in [0.25, 0.3) is 0 Å². The second kappa shape index (κ2) is 8.82. The molecule has 1 aromatic carbocycles. The Balaban J connectivity index is 2.03. The topological polar surface area (TPSA) is 69.0 Å². The fourth-order valence-corrected chi connectivity index (χ4v) is 4.21. The van der Waals surface area contributed by atoms with E-state index >= 15 is 0 Å². The van der Waals surface area contributed by atoms with Gasteiger partial charge < -0.3 is 10.1 Å². The Morgan fingerprint density at radius 3 is 2.86 bits per heavy atom. The normalized spacial score (nSPS) is 16.1. The van der Waals surface area contributed by atoms with Crippen molar-refractivity contribution in [1.82, 2.24) is 14.8 Å². The van der Waals surface area contributed by atoms with Crippen molar-refractivity contribution in [3.05, 3.63) is 41.1 Å². The van der Waals surface area contributed by atoms with E-state index in [2.05, 4.69) is 17.2 Å².